The van der Waals surface area contributed by atoms with E-state index in [9.17, 15) is 9.18 Å². The van der Waals surface area contributed by atoms with Gasteiger partial charge in [0.2, 0.25) is 5.82 Å². The van der Waals surface area contributed by atoms with Crippen molar-refractivity contribution >= 4 is 11.6 Å². The molecule has 1 aromatic carbocycles. The van der Waals surface area contributed by atoms with Gasteiger partial charge in [-0.3, -0.25) is 9.89 Å². The molecule has 2 N–H and O–H groups in total. The third-order valence-corrected chi connectivity index (χ3v) is 3.02. The fourth-order valence-electron chi connectivity index (χ4n) is 1.81. The Hall–Kier alpha value is -2.75. The van der Waals surface area contributed by atoms with Crippen LogP contribution in [0.15, 0.2) is 18.2 Å². The van der Waals surface area contributed by atoms with Gasteiger partial charge in [-0.1, -0.05) is 0 Å². The number of hydrogen-bond donors (Lipinski definition) is 2. The molecule has 1 aromatic heterocycles. The molecule has 3 rings (SSSR count). The largest absolute Gasteiger partial charge is 0.318 e. The van der Waals surface area contributed by atoms with Crippen molar-refractivity contribution < 1.29 is 9.18 Å². The Labute approximate surface area is 113 Å². The van der Waals surface area contributed by atoms with Crippen molar-refractivity contribution in [2.24, 2.45) is 0 Å². The van der Waals surface area contributed by atoms with Crippen LogP contribution >= 0.6 is 0 Å². The van der Waals surface area contributed by atoms with Crippen molar-refractivity contribution in [2.75, 3.05) is 5.32 Å². The molecule has 7 heteroatoms. The first-order valence-electron chi connectivity index (χ1n) is 6.10. The zero-order valence-corrected chi connectivity index (χ0v) is 10.4. The zero-order chi connectivity index (χ0) is 14.1. The minimum Gasteiger partial charge on any atom is -0.318 e. The van der Waals surface area contributed by atoms with Crippen LogP contribution in [0.25, 0.3) is 0 Å². The van der Waals surface area contributed by atoms with E-state index in [1.807, 2.05) is 6.07 Å². The van der Waals surface area contributed by atoms with Gasteiger partial charge in [0.15, 0.2) is 0 Å². The molecule has 1 aliphatic rings. The molecule has 0 saturated heterocycles. The average Bonchev–Trinajstić information content (AvgIpc) is 3.18. The molecule has 0 aliphatic heterocycles. The van der Waals surface area contributed by atoms with E-state index in [1.165, 1.54) is 12.1 Å². The molecule has 100 valence electrons. The van der Waals surface area contributed by atoms with Crippen LogP contribution in [-0.2, 0) is 0 Å². The highest BCUT2D eigenvalue weighted by atomic mass is 19.1. The van der Waals surface area contributed by atoms with E-state index in [-0.39, 0.29) is 17.1 Å². The second kappa shape index (κ2) is 4.74. The fourth-order valence-corrected chi connectivity index (χ4v) is 1.81. The van der Waals surface area contributed by atoms with Gasteiger partial charge in [0.1, 0.15) is 17.7 Å². The van der Waals surface area contributed by atoms with Crippen molar-refractivity contribution in [1.82, 2.24) is 15.2 Å². The van der Waals surface area contributed by atoms with Gasteiger partial charge in [-0.25, -0.2) is 9.37 Å². The summed E-state index contributed by atoms with van der Waals surface area (Å²) >= 11 is 0. The second-order valence-electron chi connectivity index (χ2n) is 4.57. The van der Waals surface area contributed by atoms with Gasteiger partial charge in [0, 0.05) is 5.92 Å². The maximum Gasteiger partial charge on any atom is 0.295 e. The van der Waals surface area contributed by atoms with E-state index in [2.05, 4.69) is 20.5 Å². The molecule has 1 fully saturated rings. The smallest absolute Gasteiger partial charge is 0.295 e. The summed E-state index contributed by atoms with van der Waals surface area (Å²) in [4.78, 5) is 16.1. The van der Waals surface area contributed by atoms with Crippen molar-refractivity contribution in [3.05, 3.63) is 41.2 Å². The van der Waals surface area contributed by atoms with Crippen molar-refractivity contribution in [2.45, 2.75) is 18.8 Å². The maximum atomic E-state index is 13.0. The molecule has 1 heterocycles. The minimum absolute atomic E-state index is 0.0140. The molecule has 1 aliphatic carbocycles. The van der Waals surface area contributed by atoms with Crippen LogP contribution in [0.4, 0.5) is 10.1 Å². The molecular weight excluding hydrogens is 261 g/mol. The van der Waals surface area contributed by atoms with E-state index < -0.39 is 11.7 Å². The first-order valence-corrected chi connectivity index (χ1v) is 6.10. The number of hydrogen-bond acceptors (Lipinski definition) is 4. The van der Waals surface area contributed by atoms with Gasteiger partial charge in [-0.05, 0) is 31.0 Å². The lowest BCUT2D eigenvalue weighted by molar-refractivity contribution is 0.101. The Morgan fingerprint density at radius 1 is 1.50 bits per heavy atom. The van der Waals surface area contributed by atoms with Gasteiger partial charge in [0.05, 0.1) is 11.3 Å². The first-order chi connectivity index (χ1) is 9.67. The number of amides is 1. The van der Waals surface area contributed by atoms with Gasteiger partial charge >= 0.3 is 0 Å². The first kappa shape index (κ1) is 12.3. The molecule has 1 saturated carbocycles. The van der Waals surface area contributed by atoms with Crippen molar-refractivity contribution in [1.29, 1.82) is 5.26 Å². The molecular formula is C13H10FN5O. The average molecular weight is 271 g/mol. The summed E-state index contributed by atoms with van der Waals surface area (Å²) in [6.45, 7) is 0. The monoisotopic (exact) mass is 271 g/mol. The van der Waals surface area contributed by atoms with Gasteiger partial charge < -0.3 is 5.32 Å². The quantitative estimate of drug-likeness (QED) is 0.891. The Bertz CT molecular complexity index is 714. The van der Waals surface area contributed by atoms with Crippen LogP contribution < -0.4 is 5.32 Å². The van der Waals surface area contributed by atoms with E-state index >= 15 is 0 Å². The Morgan fingerprint density at radius 3 is 3.00 bits per heavy atom. The molecule has 0 unspecified atom stereocenters. The molecule has 20 heavy (non-hydrogen) atoms. The molecule has 0 radical (unpaired) electrons. The van der Waals surface area contributed by atoms with Crippen LogP contribution in [0.3, 0.4) is 0 Å². The number of rotatable bonds is 3. The number of aromatic amines is 1. The number of H-pyrrole nitrogens is 1. The summed E-state index contributed by atoms with van der Waals surface area (Å²) in [6, 6.07) is 5.39. The number of aromatic nitrogens is 3. The summed E-state index contributed by atoms with van der Waals surface area (Å²) < 4.78 is 13.0. The van der Waals surface area contributed by atoms with Crippen LogP contribution in [0, 0.1) is 17.1 Å². The zero-order valence-electron chi connectivity index (χ0n) is 10.4. The lowest BCUT2D eigenvalue weighted by Gasteiger charge is -2.04. The highest BCUT2D eigenvalue weighted by molar-refractivity contribution is 6.02. The lowest BCUT2D eigenvalue weighted by atomic mass is 10.2. The number of halogens is 1. The van der Waals surface area contributed by atoms with E-state index in [0.717, 1.165) is 18.9 Å². The van der Waals surface area contributed by atoms with Crippen LogP contribution in [-0.4, -0.2) is 21.1 Å². The number of benzene rings is 1. The standard InChI is InChI=1S/C13H10FN5O/c14-9-3-4-10(8(5-9)6-15)16-13(20)12-17-11(18-19-12)7-1-2-7/h3-5,7H,1-2H2,(H,16,20)(H,17,18,19). The molecule has 0 bridgehead atoms. The minimum atomic E-state index is -0.534. The number of nitrogens with one attached hydrogen (secondary N) is 2. The SMILES string of the molecule is N#Cc1cc(F)ccc1NC(=O)c1n[nH]c(C2CC2)n1. The highest BCUT2D eigenvalue weighted by Gasteiger charge is 2.28. The number of carbonyl (C=O) groups is 1. The molecule has 0 atom stereocenters. The summed E-state index contributed by atoms with van der Waals surface area (Å²) in [5, 5.41) is 18.0. The predicted octanol–water partition coefficient (Wildman–Crippen LogP) is 1.95. The molecule has 1 amide bonds. The van der Waals surface area contributed by atoms with Crippen LogP contribution in [0.2, 0.25) is 0 Å². The third-order valence-electron chi connectivity index (χ3n) is 3.02. The van der Waals surface area contributed by atoms with Crippen LogP contribution in [0.5, 0.6) is 0 Å². The normalized spacial score (nSPS) is 13.8. The van der Waals surface area contributed by atoms with Gasteiger partial charge in [0.25, 0.3) is 5.91 Å². The van der Waals surface area contributed by atoms with E-state index in [0.29, 0.717) is 11.7 Å². The number of nitriles is 1. The molecule has 0 spiro atoms. The van der Waals surface area contributed by atoms with Gasteiger partial charge in [-0.15, -0.1) is 5.10 Å². The van der Waals surface area contributed by atoms with Crippen LogP contribution in [0.1, 0.15) is 40.8 Å². The van der Waals surface area contributed by atoms with Crippen molar-refractivity contribution in [3.8, 4) is 6.07 Å². The maximum absolute atomic E-state index is 13.0. The highest BCUT2D eigenvalue weighted by Crippen LogP contribution is 2.37. The summed E-state index contributed by atoms with van der Waals surface area (Å²) in [6.07, 6.45) is 2.10. The second-order valence-corrected chi connectivity index (χ2v) is 4.57. The number of carbonyl (C=O) groups excluding carboxylic acids is 1. The van der Waals surface area contributed by atoms with Crippen molar-refractivity contribution in [3.63, 3.8) is 0 Å². The van der Waals surface area contributed by atoms with E-state index in [4.69, 9.17) is 5.26 Å². The lowest BCUT2D eigenvalue weighted by Crippen LogP contribution is -2.14. The Balaban J connectivity index is 1.79. The van der Waals surface area contributed by atoms with E-state index in [1.54, 1.807) is 0 Å². The third kappa shape index (κ3) is 2.36. The topological polar surface area (TPSA) is 94.5 Å². The molecule has 2 aromatic rings. The molecule has 6 nitrogen and oxygen atoms in total. The Morgan fingerprint density at radius 2 is 2.30 bits per heavy atom. The fraction of sp³-hybridized carbons (Fsp3) is 0.231. The summed E-state index contributed by atoms with van der Waals surface area (Å²) in [5.41, 5.74) is 0.285. The summed E-state index contributed by atoms with van der Waals surface area (Å²) in [5.74, 6) is 0.0177. The number of nitrogens with zero attached hydrogens (tertiary/aromatic N) is 3. The predicted molar refractivity (Wildman–Crippen MR) is 67.4 cm³/mol. The summed E-state index contributed by atoms with van der Waals surface area (Å²) in [7, 11) is 0. The van der Waals surface area contributed by atoms with Gasteiger partial charge in [-0.2, -0.15) is 5.26 Å². The number of anilines is 1. The Kier molecular flexibility index (Phi) is 2.91.